The lowest BCUT2D eigenvalue weighted by molar-refractivity contribution is 0.0907. The number of carbonyl (C=O) groups is 2. The van der Waals surface area contributed by atoms with E-state index in [4.69, 9.17) is 4.74 Å². The monoisotopic (exact) mass is 363 g/mol. The smallest absolute Gasteiger partial charge is 0.358 e. The van der Waals surface area contributed by atoms with Gasteiger partial charge in [-0.1, -0.05) is 6.42 Å². The molecule has 1 aromatic carbocycles. The van der Waals surface area contributed by atoms with E-state index in [2.05, 4.69) is 5.10 Å². The molecule has 2 heterocycles. The van der Waals surface area contributed by atoms with Crippen LogP contribution in [0.3, 0.4) is 0 Å². The Morgan fingerprint density at radius 3 is 2.35 bits per heavy atom. The van der Waals surface area contributed by atoms with Gasteiger partial charge in [-0.2, -0.15) is 10.1 Å². The van der Waals surface area contributed by atoms with Gasteiger partial charge in [-0.05, 0) is 42.4 Å². The topological polar surface area (TPSA) is 62.2 Å². The molecular formula is C18H19F2N3O3. The molecule has 6 nitrogen and oxygen atoms in total. The van der Waals surface area contributed by atoms with Crippen molar-refractivity contribution in [3.8, 4) is 0 Å². The molecule has 0 aromatic heterocycles. The zero-order chi connectivity index (χ0) is 18.3. The number of ether oxygens (including phenoxy) is 1. The van der Waals surface area contributed by atoms with Crippen molar-refractivity contribution in [3.05, 3.63) is 35.4 Å². The van der Waals surface area contributed by atoms with Crippen LogP contribution in [0.5, 0.6) is 0 Å². The molecule has 26 heavy (non-hydrogen) atoms. The van der Waals surface area contributed by atoms with Crippen molar-refractivity contribution in [2.45, 2.75) is 31.7 Å². The van der Waals surface area contributed by atoms with Gasteiger partial charge in [0.1, 0.15) is 11.6 Å². The molecule has 0 N–H and O–H groups in total. The van der Waals surface area contributed by atoms with Crippen LogP contribution >= 0.6 is 0 Å². The second-order valence-electron chi connectivity index (χ2n) is 7.09. The Morgan fingerprint density at radius 2 is 1.69 bits per heavy atom. The van der Waals surface area contributed by atoms with Gasteiger partial charge in [0.25, 0.3) is 0 Å². The summed E-state index contributed by atoms with van der Waals surface area (Å²) in [4.78, 5) is 26.2. The molecule has 0 radical (unpaired) electrons. The first kappa shape index (κ1) is 16.9. The Kier molecular flexibility index (Phi) is 4.34. The number of rotatable bonds is 1. The molecule has 1 saturated heterocycles. The molecule has 1 aromatic rings. The number of hydrazone groups is 1. The summed E-state index contributed by atoms with van der Waals surface area (Å²) in [5.41, 5.74) is 0.264. The molecule has 138 valence electrons. The lowest BCUT2D eigenvalue weighted by atomic mass is 10.0. The standard InChI is InChI=1S/C18H19F2N3O3/c19-14-6-13(7-15(20)8-14)16-4-5-21-23(16)18(25)26-17(24)22-9-11-2-1-3-12(11)10-22/h5-8,11-12,16H,1-4,9-10H2/t11?,12?,16-/m0/s1. The van der Waals surface area contributed by atoms with Gasteiger partial charge in [-0.15, -0.1) is 0 Å². The van der Waals surface area contributed by atoms with Crippen LogP contribution < -0.4 is 0 Å². The van der Waals surface area contributed by atoms with E-state index in [1.165, 1.54) is 12.6 Å². The van der Waals surface area contributed by atoms with Gasteiger partial charge in [0.15, 0.2) is 0 Å². The van der Waals surface area contributed by atoms with E-state index in [0.717, 1.165) is 36.0 Å². The zero-order valence-corrected chi connectivity index (χ0v) is 14.1. The molecule has 0 bridgehead atoms. The number of halogens is 2. The quantitative estimate of drug-likeness (QED) is 0.715. The van der Waals surface area contributed by atoms with E-state index in [-0.39, 0.29) is 5.56 Å². The maximum absolute atomic E-state index is 13.5. The molecule has 2 unspecified atom stereocenters. The van der Waals surface area contributed by atoms with Crippen molar-refractivity contribution >= 4 is 18.4 Å². The van der Waals surface area contributed by atoms with E-state index >= 15 is 0 Å². The van der Waals surface area contributed by atoms with Crippen molar-refractivity contribution in [2.24, 2.45) is 16.9 Å². The molecule has 2 fully saturated rings. The predicted octanol–water partition coefficient (Wildman–Crippen LogP) is 3.69. The third-order valence-corrected chi connectivity index (χ3v) is 5.45. The number of carbonyl (C=O) groups excluding carboxylic acids is 2. The minimum Gasteiger partial charge on any atom is -0.358 e. The zero-order valence-electron chi connectivity index (χ0n) is 14.1. The summed E-state index contributed by atoms with van der Waals surface area (Å²) in [5, 5.41) is 4.87. The number of benzene rings is 1. The normalized spacial score (nSPS) is 27.1. The number of hydrogen-bond acceptors (Lipinski definition) is 4. The third kappa shape index (κ3) is 3.15. The van der Waals surface area contributed by atoms with Gasteiger partial charge in [0.2, 0.25) is 0 Å². The van der Waals surface area contributed by atoms with Crippen molar-refractivity contribution < 1.29 is 23.1 Å². The summed E-state index contributed by atoms with van der Waals surface area (Å²) in [6, 6.07) is 2.35. The second kappa shape index (κ2) is 6.66. The largest absolute Gasteiger partial charge is 0.439 e. The summed E-state index contributed by atoms with van der Waals surface area (Å²) < 4.78 is 31.9. The van der Waals surface area contributed by atoms with E-state index < -0.39 is 29.9 Å². The van der Waals surface area contributed by atoms with E-state index in [9.17, 15) is 18.4 Å². The van der Waals surface area contributed by atoms with Crippen molar-refractivity contribution in [2.75, 3.05) is 13.1 Å². The van der Waals surface area contributed by atoms with Gasteiger partial charge < -0.3 is 9.64 Å². The Hall–Kier alpha value is -2.51. The molecule has 1 aliphatic carbocycles. The van der Waals surface area contributed by atoms with E-state index in [0.29, 0.717) is 31.3 Å². The van der Waals surface area contributed by atoms with Crippen LogP contribution in [0.4, 0.5) is 18.4 Å². The molecule has 2 aliphatic heterocycles. The molecule has 2 amide bonds. The summed E-state index contributed by atoms with van der Waals surface area (Å²) in [6.07, 6.45) is 3.52. The molecular weight excluding hydrogens is 344 g/mol. The SMILES string of the molecule is O=C(OC(=O)N1N=CC[C@H]1c1cc(F)cc(F)c1)N1CC2CCCC2C1. The number of likely N-dealkylation sites (tertiary alicyclic amines) is 1. The average Bonchev–Trinajstić information content (AvgIpc) is 3.29. The van der Waals surface area contributed by atoms with Gasteiger partial charge >= 0.3 is 12.2 Å². The summed E-state index contributed by atoms with van der Waals surface area (Å²) in [6.45, 7) is 1.22. The van der Waals surface area contributed by atoms with Gasteiger partial charge in [-0.25, -0.2) is 18.4 Å². The average molecular weight is 363 g/mol. The number of hydrogen-bond donors (Lipinski definition) is 0. The number of fused-ring (bicyclic) bond motifs is 1. The first-order valence-electron chi connectivity index (χ1n) is 8.79. The number of nitrogens with zero attached hydrogens (tertiary/aromatic N) is 3. The van der Waals surface area contributed by atoms with Crippen LogP contribution in [0, 0.1) is 23.5 Å². The van der Waals surface area contributed by atoms with Crippen molar-refractivity contribution in [1.29, 1.82) is 0 Å². The van der Waals surface area contributed by atoms with Crippen LogP contribution in [0.25, 0.3) is 0 Å². The highest BCUT2D eigenvalue weighted by Crippen LogP contribution is 2.38. The van der Waals surface area contributed by atoms with Crippen LogP contribution in [0.15, 0.2) is 23.3 Å². The molecule has 4 rings (SSSR count). The van der Waals surface area contributed by atoms with Crippen molar-refractivity contribution in [3.63, 3.8) is 0 Å². The number of amides is 2. The molecule has 3 atom stereocenters. The highest BCUT2D eigenvalue weighted by molar-refractivity contribution is 5.85. The summed E-state index contributed by atoms with van der Waals surface area (Å²) in [5.74, 6) is -0.490. The Morgan fingerprint density at radius 1 is 1.04 bits per heavy atom. The first-order chi connectivity index (χ1) is 12.5. The fraction of sp³-hybridized carbons (Fsp3) is 0.500. The Bertz CT molecular complexity index is 738. The molecule has 8 heteroatoms. The van der Waals surface area contributed by atoms with Crippen LogP contribution in [-0.2, 0) is 4.74 Å². The molecule has 3 aliphatic rings. The summed E-state index contributed by atoms with van der Waals surface area (Å²) in [7, 11) is 0. The first-order valence-corrected chi connectivity index (χ1v) is 8.79. The minimum absolute atomic E-state index is 0.264. The third-order valence-electron chi connectivity index (χ3n) is 5.45. The van der Waals surface area contributed by atoms with Gasteiger partial charge in [-0.3, -0.25) is 0 Å². The Balaban J connectivity index is 1.42. The van der Waals surface area contributed by atoms with Gasteiger partial charge in [0, 0.05) is 31.8 Å². The van der Waals surface area contributed by atoms with Crippen molar-refractivity contribution in [1.82, 2.24) is 9.91 Å². The maximum Gasteiger partial charge on any atom is 0.439 e. The van der Waals surface area contributed by atoms with E-state index in [1.54, 1.807) is 4.90 Å². The summed E-state index contributed by atoms with van der Waals surface area (Å²) >= 11 is 0. The van der Waals surface area contributed by atoms with Crippen LogP contribution in [-0.4, -0.2) is 41.4 Å². The highest BCUT2D eigenvalue weighted by Gasteiger charge is 2.40. The van der Waals surface area contributed by atoms with Crippen LogP contribution in [0.2, 0.25) is 0 Å². The minimum atomic E-state index is -0.935. The maximum atomic E-state index is 13.5. The lowest BCUT2D eigenvalue weighted by Gasteiger charge is -2.23. The Labute approximate surface area is 149 Å². The van der Waals surface area contributed by atoms with Crippen LogP contribution in [0.1, 0.15) is 37.3 Å². The van der Waals surface area contributed by atoms with Gasteiger partial charge in [0.05, 0.1) is 6.04 Å². The van der Waals surface area contributed by atoms with E-state index in [1.807, 2.05) is 0 Å². The second-order valence-corrected chi connectivity index (χ2v) is 7.09. The molecule has 1 saturated carbocycles. The molecule has 0 spiro atoms. The highest BCUT2D eigenvalue weighted by atomic mass is 19.1. The fourth-order valence-corrected chi connectivity index (χ4v) is 4.20. The predicted molar refractivity (Wildman–Crippen MR) is 88.3 cm³/mol. The fourth-order valence-electron chi connectivity index (χ4n) is 4.20. The lowest BCUT2D eigenvalue weighted by Crippen LogP contribution is -2.36.